The minimum Gasteiger partial charge on any atom is -0.478 e. The van der Waals surface area contributed by atoms with Gasteiger partial charge in [-0.25, -0.2) is 9.59 Å². The van der Waals surface area contributed by atoms with E-state index in [9.17, 15) is 9.59 Å². The summed E-state index contributed by atoms with van der Waals surface area (Å²) in [5.41, 5.74) is 2.32. The molecule has 2 amide bonds. The highest BCUT2D eigenvalue weighted by atomic mass is 32.1. The van der Waals surface area contributed by atoms with E-state index in [0.29, 0.717) is 12.2 Å². The summed E-state index contributed by atoms with van der Waals surface area (Å²) in [5.74, 6) is -1.02. The molecule has 0 bridgehead atoms. The Labute approximate surface area is 118 Å². The van der Waals surface area contributed by atoms with E-state index in [1.165, 1.54) is 29.7 Å². The maximum absolute atomic E-state index is 11.5. The lowest BCUT2D eigenvalue weighted by atomic mass is 10.2. The van der Waals surface area contributed by atoms with Gasteiger partial charge >= 0.3 is 12.0 Å². The lowest BCUT2D eigenvalue weighted by molar-refractivity contribution is 0.0696. The van der Waals surface area contributed by atoms with Crippen LogP contribution in [-0.2, 0) is 13.1 Å². The number of carboxylic acids is 1. The maximum atomic E-state index is 11.5. The Hall–Kier alpha value is -2.48. The number of thiazole rings is 1. The number of nitrogens with zero attached hydrogens (tertiary/aromatic N) is 2. The predicted molar refractivity (Wildman–Crippen MR) is 72.4 cm³/mol. The van der Waals surface area contributed by atoms with E-state index in [0.717, 1.165) is 4.88 Å². The Kier molecular flexibility index (Phi) is 4.61. The standard InChI is InChI=1S/C12H12N4O3S/c17-11(18)8-1-2-14-9(3-8)4-15-12(19)16-6-10-5-13-7-20-10/h1-3,5,7H,4,6H2,(H,17,18)(H2,15,16,19). The summed E-state index contributed by atoms with van der Waals surface area (Å²) in [4.78, 5) is 31.2. The van der Waals surface area contributed by atoms with E-state index in [1.807, 2.05) is 0 Å². The van der Waals surface area contributed by atoms with Crippen molar-refractivity contribution < 1.29 is 14.7 Å². The van der Waals surface area contributed by atoms with Gasteiger partial charge in [-0.15, -0.1) is 11.3 Å². The molecule has 104 valence electrons. The van der Waals surface area contributed by atoms with E-state index in [1.54, 1.807) is 11.7 Å². The van der Waals surface area contributed by atoms with Gasteiger partial charge in [0, 0.05) is 17.3 Å². The minimum atomic E-state index is -1.02. The first-order valence-electron chi connectivity index (χ1n) is 5.72. The number of carbonyl (C=O) groups excluding carboxylic acids is 1. The molecule has 0 aliphatic heterocycles. The fraction of sp³-hybridized carbons (Fsp3) is 0.167. The molecule has 0 unspecified atom stereocenters. The molecule has 0 atom stereocenters. The van der Waals surface area contributed by atoms with Crippen LogP contribution in [0, 0.1) is 0 Å². The van der Waals surface area contributed by atoms with E-state index in [4.69, 9.17) is 5.11 Å². The average Bonchev–Trinajstić information content (AvgIpc) is 2.96. The molecular formula is C12H12N4O3S. The molecule has 0 aromatic carbocycles. The number of pyridine rings is 1. The second-order valence-corrected chi connectivity index (χ2v) is 4.82. The van der Waals surface area contributed by atoms with Crippen LogP contribution in [0.3, 0.4) is 0 Å². The highest BCUT2D eigenvalue weighted by Gasteiger charge is 2.06. The third-order valence-electron chi connectivity index (χ3n) is 2.40. The van der Waals surface area contributed by atoms with Crippen LogP contribution >= 0.6 is 11.3 Å². The zero-order valence-corrected chi connectivity index (χ0v) is 11.2. The highest BCUT2D eigenvalue weighted by molar-refractivity contribution is 7.09. The van der Waals surface area contributed by atoms with Crippen molar-refractivity contribution >= 4 is 23.3 Å². The second-order valence-electron chi connectivity index (χ2n) is 3.84. The van der Waals surface area contributed by atoms with E-state index >= 15 is 0 Å². The Morgan fingerprint density at radius 1 is 1.30 bits per heavy atom. The molecule has 8 heteroatoms. The summed E-state index contributed by atoms with van der Waals surface area (Å²) in [5, 5.41) is 14.1. The summed E-state index contributed by atoms with van der Waals surface area (Å²) in [6.07, 6.45) is 3.08. The Morgan fingerprint density at radius 2 is 2.10 bits per heavy atom. The zero-order chi connectivity index (χ0) is 14.4. The van der Waals surface area contributed by atoms with Gasteiger partial charge in [0.05, 0.1) is 29.9 Å². The highest BCUT2D eigenvalue weighted by Crippen LogP contribution is 2.04. The lowest BCUT2D eigenvalue weighted by Crippen LogP contribution is -2.34. The maximum Gasteiger partial charge on any atom is 0.335 e. The van der Waals surface area contributed by atoms with Gasteiger partial charge in [0.15, 0.2) is 0 Å². The molecule has 0 saturated carbocycles. The van der Waals surface area contributed by atoms with Gasteiger partial charge in [0.1, 0.15) is 0 Å². The Bertz CT molecular complexity index is 601. The number of carboxylic acid groups (broad SMARTS) is 1. The van der Waals surface area contributed by atoms with E-state index in [2.05, 4.69) is 20.6 Å². The first kappa shape index (κ1) is 13.9. The predicted octanol–water partition coefficient (Wildman–Crippen LogP) is 1.24. The number of carbonyl (C=O) groups is 2. The normalized spacial score (nSPS) is 10.0. The lowest BCUT2D eigenvalue weighted by Gasteiger charge is -2.06. The van der Waals surface area contributed by atoms with Gasteiger partial charge in [0.25, 0.3) is 0 Å². The minimum absolute atomic E-state index is 0.141. The van der Waals surface area contributed by atoms with Crippen molar-refractivity contribution in [2.45, 2.75) is 13.1 Å². The van der Waals surface area contributed by atoms with Gasteiger partial charge < -0.3 is 15.7 Å². The van der Waals surface area contributed by atoms with Crippen LogP contribution in [0.4, 0.5) is 4.79 Å². The zero-order valence-electron chi connectivity index (χ0n) is 10.4. The summed E-state index contributed by atoms with van der Waals surface area (Å²) >= 11 is 1.45. The van der Waals surface area contributed by atoms with Crippen molar-refractivity contribution in [1.82, 2.24) is 20.6 Å². The van der Waals surface area contributed by atoms with Crippen LogP contribution in [0.5, 0.6) is 0 Å². The third kappa shape index (κ3) is 4.02. The van der Waals surface area contributed by atoms with Crippen molar-refractivity contribution in [3.8, 4) is 0 Å². The largest absolute Gasteiger partial charge is 0.478 e. The molecule has 7 nitrogen and oxygen atoms in total. The number of urea groups is 1. The van der Waals surface area contributed by atoms with Crippen LogP contribution in [0.2, 0.25) is 0 Å². The molecule has 2 aromatic rings. The molecule has 2 rings (SSSR count). The van der Waals surface area contributed by atoms with Crippen LogP contribution in [0.25, 0.3) is 0 Å². The van der Waals surface area contributed by atoms with Crippen molar-refractivity contribution in [3.63, 3.8) is 0 Å². The van der Waals surface area contributed by atoms with Crippen LogP contribution in [0.15, 0.2) is 30.0 Å². The topological polar surface area (TPSA) is 104 Å². The molecule has 0 saturated heterocycles. The van der Waals surface area contributed by atoms with Crippen molar-refractivity contribution in [2.24, 2.45) is 0 Å². The molecule has 3 N–H and O–H groups in total. The number of hydrogen-bond donors (Lipinski definition) is 3. The SMILES string of the molecule is O=C(NCc1cc(C(=O)O)ccn1)NCc1cncs1. The van der Waals surface area contributed by atoms with Crippen molar-refractivity contribution in [2.75, 3.05) is 0 Å². The molecule has 20 heavy (non-hydrogen) atoms. The summed E-state index contributed by atoms with van der Waals surface area (Å²) in [6, 6.07) is 2.47. The van der Waals surface area contributed by atoms with Gasteiger partial charge in [-0.05, 0) is 12.1 Å². The van der Waals surface area contributed by atoms with Gasteiger partial charge in [-0.2, -0.15) is 0 Å². The Morgan fingerprint density at radius 3 is 2.80 bits per heavy atom. The first-order valence-corrected chi connectivity index (χ1v) is 6.60. The van der Waals surface area contributed by atoms with Crippen LogP contribution in [-0.4, -0.2) is 27.1 Å². The molecule has 0 aliphatic rings. The number of amides is 2. The van der Waals surface area contributed by atoms with Gasteiger partial charge in [-0.3, -0.25) is 9.97 Å². The third-order valence-corrected chi connectivity index (χ3v) is 3.18. The summed E-state index contributed by atoms with van der Waals surface area (Å²) < 4.78 is 0. The number of nitrogens with one attached hydrogen (secondary N) is 2. The van der Waals surface area contributed by atoms with Gasteiger partial charge in [0.2, 0.25) is 0 Å². The van der Waals surface area contributed by atoms with Crippen LogP contribution in [0.1, 0.15) is 20.9 Å². The molecule has 0 radical (unpaired) electrons. The quantitative estimate of drug-likeness (QED) is 0.769. The number of aromatic nitrogens is 2. The Balaban J connectivity index is 1.81. The van der Waals surface area contributed by atoms with E-state index in [-0.39, 0.29) is 18.1 Å². The fourth-order valence-electron chi connectivity index (χ4n) is 1.44. The summed E-state index contributed by atoms with van der Waals surface area (Å²) in [6.45, 7) is 0.564. The number of hydrogen-bond acceptors (Lipinski definition) is 5. The molecule has 2 heterocycles. The molecule has 0 spiro atoms. The molecule has 2 aromatic heterocycles. The average molecular weight is 292 g/mol. The molecule has 0 aliphatic carbocycles. The van der Waals surface area contributed by atoms with E-state index < -0.39 is 5.97 Å². The van der Waals surface area contributed by atoms with Crippen molar-refractivity contribution in [3.05, 3.63) is 46.2 Å². The van der Waals surface area contributed by atoms with Crippen LogP contribution < -0.4 is 10.6 Å². The first-order chi connectivity index (χ1) is 9.65. The second kappa shape index (κ2) is 6.62. The number of aromatic carboxylic acids is 1. The summed E-state index contributed by atoms with van der Waals surface area (Å²) in [7, 11) is 0. The smallest absolute Gasteiger partial charge is 0.335 e. The fourth-order valence-corrected chi connectivity index (χ4v) is 1.97. The number of rotatable bonds is 5. The monoisotopic (exact) mass is 292 g/mol. The van der Waals surface area contributed by atoms with Crippen molar-refractivity contribution in [1.29, 1.82) is 0 Å². The van der Waals surface area contributed by atoms with Gasteiger partial charge in [-0.1, -0.05) is 0 Å². The molecule has 0 fully saturated rings. The molecular weight excluding hydrogens is 280 g/mol.